The summed E-state index contributed by atoms with van der Waals surface area (Å²) in [5.74, 6) is -0.145. The molecule has 0 bridgehead atoms. The zero-order chi connectivity index (χ0) is 10.0. The monoisotopic (exact) mass is 280 g/mol. The SMILES string of the molecule is Cc1c(Cl)ccc(Br)c1C(=O)CCl. The third-order valence-electron chi connectivity index (χ3n) is 1.75. The van der Waals surface area contributed by atoms with Crippen molar-refractivity contribution in [2.75, 3.05) is 5.88 Å². The van der Waals surface area contributed by atoms with Gasteiger partial charge in [-0.1, -0.05) is 27.5 Å². The molecule has 0 aliphatic rings. The van der Waals surface area contributed by atoms with Crippen molar-refractivity contribution in [1.82, 2.24) is 0 Å². The molecule has 0 saturated heterocycles. The van der Waals surface area contributed by atoms with E-state index >= 15 is 0 Å². The first kappa shape index (κ1) is 11.0. The lowest BCUT2D eigenvalue weighted by molar-refractivity contribution is 0.102. The number of carbonyl (C=O) groups excluding carboxylic acids is 1. The fraction of sp³-hybridized carbons (Fsp3) is 0.222. The van der Waals surface area contributed by atoms with Crippen molar-refractivity contribution >= 4 is 44.9 Å². The maximum atomic E-state index is 11.4. The van der Waals surface area contributed by atoms with Gasteiger partial charge in [0.25, 0.3) is 0 Å². The molecule has 0 spiro atoms. The number of halogens is 3. The van der Waals surface area contributed by atoms with Crippen molar-refractivity contribution in [3.8, 4) is 0 Å². The molecular formula is C9H7BrCl2O. The molecule has 13 heavy (non-hydrogen) atoms. The number of Topliss-reactive ketones (excluding diaryl/α,β-unsaturated/α-hetero) is 1. The molecule has 0 amide bonds. The Balaban J connectivity index is 3.33. The number of ketones is 1. The van der Waals surface area contributed by atoms with Gasteiger partial charge in [-0.15, -0.1) is 11.6 Å². The lowest BCUT2D eigenvalue weighted by atomic mass is 10.1. The maximum Gasteiger partial charge on any atom is 0.179 e. The van der Waals surface area contributed by atoms with Gasteiger partial charge in [0, 0.05) is 15.1 Å². The highest BCUT2D eigenvalue weighted by Crippen LogP contribution is 2.27. The molecule has 0 aliphatic carbocycles. The Hall–Kier alpha value is -0.0500. The van der Waals surface area contributed by atoms with Crippen LogP contribution in [0.2, 0.25) is 5.02 Å². The second-order valence-corrected chi connectivity index (χ2v) is 4.11. The Kier molecular flexibility index (Phi) is 3.77. The molecule has 70 valence electrons. The van der Waals surface area contributed by atoms with Gasteiger partial charge in [0.1, 0.15) is 0 Å². The molecule has 4 heteroatoms. The summed E-state index contributed by atoms with van der Waals surface area (Å²) in [5.41, 5.74) is 1.34. The van der Waals surface area contributed by atoms with E-state index in [4.69, 9.17) is 23.2 Å². The van der Waals surface area contributed by atoms with E-state index in [2.05, 4.69) is 15.9 Å². The Morgan fingerprint density at radius 3 is 2.69 bits per heavy atom. The molecule has 0 atom stereocenters. The Bertz CT molecular complexity index is 350. The van der Waals surface area contributed by atoms with Gasteiger partial charge < -0.3 is 0 Å². The van der Waals surface area contributed by atoms with Crippen LogP contribution in [0.5, 0.6) is 0 Å². The van der Waals surface area contributed by atoms with Crippen molar-refractivity contribution < 1.29 is 4.79 Å². The van der Waals surface area contributed by atoms with E-state index in [9.17, 15) is 4.79 Å². The summed E-state index contributed by atoms with van der Waals surface area (Å²) in [6.07, 6.45) is 0. The molecule has 0 aliphatic heterocycles. The van der Waals surface area contributed by atoms with E-state index in [0.29, 0.717) is 10.6 Å². The van der Waals surface area contributed by atoms with E-state index < -0.39 is 0 Å². The van der Waals surface area contributed by atoms with Gasteiger partial charge in [-0.2, -0.15) is 0 Å². The van der Waals surface area contributed by atoms with E-state index in [0.717, 1.165) is 10.0 Å². The van der Waals surface area contributed by atoms with Crippen LogP contribution < -0.4 is 0 Å². The van der Waals surface area contributed by atoms with Crippen LogP contribution in [0.25, 0.3) is 0 Å². The third kappa shape index (κ3) is 2.25. The summed E-state index contributed by atoms with van der Waals surface area (Å²) in [7, 11) is 0. The summed E-state index contributed by atoms with van der Waals surface area (Å²) in [5, 5.41) is 0.580. The molecule has 0 fully saturated rings. The number of carbonyl (C=O) groups is 1. The molecule has 0 saturated carbocycles. The van der Waals surface area contributed by atoms with Gasteiger partial charge in [0.2, 0.25) is 0 Å². The summed E-state index contributed by atoms with van der Waals surface area (Å²) in [6, 6.07) is 3.49. The zero-order valence-corrected chi connectivity index (χ0v) is 10.0. The van der Waals surface area contributed by atoms with Gasteiger partial charge in [0.05, 0.1) is 5.88 Å². The molecule has 0 radical (unpaired) electrons. The van der Waals surface area contributed by atoms with E-state index in [1.807, 2.05) is 0 Å². The van der Waals surface area contributed by atoms with Crippen LogP contribution in [-0.2, 0) is 0 Å². The normalized spacial score (nSPS) is 10.2. The molecular weight excluding hydrogens is 275 g/mol. The van der Waals surface area contributed by atoms with Crippen molar-refractivity contribution in [2.45, 2.75) is 6.92 Å². The van der Waals surface area contributed by atoms with Gasteiger partial charge in [0.15, 0.2) is 5.78 Å². The predicted octanol–water partition coefficient (Wildman–Crippen LogP) is 3.83. The van der Waals surface area contributed by atoms with Crippen LogP contribution >= 0.6 is 39.1 Å². The lowest BCUT2D eigenvalue weighted by Crippen LogP contribution is -2.04. The summed E-state index contributed by atoms with van der Waals surface area (Å²) >= 11 is 14.6. The first-order chi connectivity index (χ1) is 6.07. The fourth-order valence-corrected chi connectivity index (χ4v) is 2.00. The van der Waals surface area contributed by atoms with Crippen molar-refractivity contribution in [2.24, 2.45) is 0 Å². The standard InChI is InChI=1S/C9H7BrCl2O/c1-5-7(12)3-2-6(10)9(5)8(13)4-11/h2-3H,4H2,1H3. The summed E-state index contributed by atoms with van der Waals surface area (Å²) in [4.78, 5) is 11.4. The van der Waals surface area contributed by atoms with Crippen LogP contribution in [0.15, 0.2) is 16.6 Å². The van der Waals surface area contributed by atoms with E-state index in [1.165, 1.54) is 0 Å². The van der Waals surface area contributed by atoms with Gasteiger partial charge in [-0.05, 0) is 24.6 Å². The summed E-state index contributed by atoms with van der Waals surface area (Å²) in [6.45, 7) is 1.80. The fourth-order valence-electron chi connectivity index (χ4n) is 1.06. The van der Waals surface area contributed by atoms with Crippen LogP contribution in [0.1, 0.15) is 15.9 Å². The zero-order valence-electron chi connectivity index (χ0n) is 6.90. The number of hydrogen-bond acceptors (Lipinski definition) is 1. The second kappa shape index (κ2) is 4.45. The average Bonchev–Trinajstić information content (AvgIpc) is 2.12. The first-order valence-electron chi connectivity index (χ1n) is 3.61. The Labute approximate surface area is 95.2 Å². The molecule has 1 aromatic rings. The molecule has 0 heterocycles. The highest BCUT2D eigenvalue weighted by molar-refractivity contribution is 9.10. The quantitative estimate of drug-likeness (QED) is 0.595. The Morgan fingerprint density at radius 2 is 2.15 bits per heavy atom. The van der Waals surface area contributed by atoms with Crippen molar-refractivity contribution in [1.29, 1.82) is 0 Å². The van der Waals surface area contributed by atoms with Gasteiger partial charge >= 0.3 is 0 Å². The molecule has 0 unspecified atom stereocenters. The van der Waals surface area contributed by atoms with Crippen LogP contribution in [0, 0.1) is 6.92 Å². The molecule has 0 aromatic heterocycles. The topological polar surface area (TPSA) is 17.1 Å². The van der Waals surface area contributed by atoms with Crippen LogP contribution in [0.3, 0.4) is 0 Å². The Morgan fingerprint density at radius 1 is 1.54 bits per heavy atom. The van der Waals surface area contributed by atoms with Gasteiger partial charge in [-0.25, -0.2) is 0 Å². The molecule has 1 aromatic carbocycles. The van der Waals surface area contributed by atoms with Crippen LogP contribution in [0.4, 0.5) is 0 Å². The van der Waals surface area contributed by atoms with Crippen LogP contribution in [-0.4, -0.2) is 11.7 Å². The van der Waals surface area contributed by atoms with Crippen molar-refractivity contribution in [3.63, 3.8) is 0 Å². The minimum absolute atomic E-state index is 0.0280. The highest BCUT2D eigenvalue weighted by Gasteiger charge is 2.13. The average molecular weight is 282 g/mol. The summed E-state index contributed by atoms with van der Waals surface area (Å²) < 4.78 is 0.736. The number of benzene rings is 1. The van der Waals surface area contributed by atoms with Crippen molar-refractivity contribution in [3.05, 3.63) is 32.8 Å². The highest BCUT2D eigenvalue weighted by atomic mass is 79.9. The number of hydrogen-bond donors (Lipinski definition) is 0. The molecule has 1 nitrogen and oxygen atoms in total. The third-order valence-corrected chi connectivity index (χ3v) is 3.06. The predicted molar refractivity (Wildman–Crippen MR) is 58.9 cm³/mol. The van der Waals surface area contributed by atoms with E-state index in [1.54, 1.807) is 19.1 Å². The number of alkyl halides is 1. The second-order valence-electron chi connectivity index (χ2n) is 2.59. The minimum Gasteiger partial charge on any atom is -0.293 e. The smallest absolute Gasteiger partial charge is 0.179 e. The number of rotatable bonds is 2. The first-order valence-corrected chi connectivity index (χ1v) is 5.32. The van der Waals surface area contributed by atoms with E-state index in [-0.39, 0.29) is 11.7 Å². The minimum atomic E-state index is -0.117. The largest absolute Gasteiger partial charge is 0.293 e. The lowest BCUT2D eigenvalue weighted by Gasteiger charge is -2.06. The molecule has 1 rings (SSSR count). The van der Waals surface area contributed by atoms with Gasteiger partial charge in [-0.3, -0.25) is 4.79 Å². The molecule has 0 N–H and O–H groups in total. The maximum absolute atomic E-state index is 11.4.